The Morgan fingerprint density at radius 1 is 1.40 bits per heavy atom. The van der Waals surface area contributed by atoms with Crippen LogP contribution in [0.1, 0.15) is 20.3 Å². The van der Waals surface area contributed by atoms with Crippen molar-refractivity contribution in [3.63, 3.8) is 0 Å². The first-order valence-corrected chi connectivity index (χ1v) is 6.17. The van der Waals surface area contributed by atoms with Crippen molar-refractivity contribution in [3.8, 4) is 0 Å². The maximum Gasteiger partial charge on any atom is 0.275 e. The minimum Gasteiger partial charge on any atom is -0.330 e. The maximum absolute atomic E-state index is 11.6. The van der Waals surface area contributed by atoms with Crippen LogP contribution < -0.4 is 11.5 Å². The maximum atomic E-state index is 11.6. The Labute approximate surface area is 89.8 Å². The monoisotopic (exact) mass is 238 g/mol. The second kappa shape index (κ2) is 5.55. The minimum absolute atomic E-state index is 0.00100. The second-order valence-corrected chi connectivity index (χ2v) is 5.35. The number of rotatable bonds is 6. The number of carbonyl (C=O) groups is 1. The fraction of sp³-hybridized carbons (Fsp3) is 0.875. The molecule has 0 aromatic heterocycles. The fourth-order valence-electron chi connectivity index (χ4n) is 1.13. The van der Waals surface area contributed by atoms with Crippen molar-refractivity contribution >= 4 is 15.9 Å². The summed E-state index contributed by atoms with van der Waals surface area (Å²) in [6, 6.07) is -0.900. The molecule has 0 radical (unpaired) electrons. The Bertz CT molecular complexity index is 313. The molecule has 90 valence electrons. The smallest absolute Gasteiger partial charge is 0.275 e. The normalized spacial score (nSPS) is 16.4. The van der Waals surface area contributed by atoms with E-state index >= 15 is 0 Å². The number of nitrogens with two attached hydrogens (primary N) is 2. The molecule has 0 spiro atoms. The second-order valence-electron chi connectivity index (χ2n) is 3.75. The minimum atomic E-state index is -4.41. The Kier molecular flexibility index (Phi) is 5.36. The molecule has 5 N–H and O–H groups in total. The molecule has 0 amide bonds. The molecule has 0 aliphatic carbocycles. The zero-order valence-corrected chi connectivity index (χ0v) is 9.70. The van der Waals surface area contributed by atoms with Crippen LogP contribution in [0.5, 0.6) is 0 Å². The quantitative estimate of drug-likeness (QED) is 0.517. The molecule has 0 aromatic carbocycles. The number of ketones is 1. The first-order valence-electron chi connectivity index (χ1n) is 4.67. The third-order valence-corrected chi connectivity index (χ3v) is 3.34. The van der Waals surface area contributed by atoms with Crippen molar-refractivity contribution in [3.05, 3.63) is 0 Å². The molecule has 0 fully saturated rings. The van der Waals surface area contributed by atoms with Crippen LogP contribution in [0.15, 0.2) is 0 Å². The van der Waals surface area contributed by atoms with Crippen molar-refractivity contribution in [2.45, 2.75) is 31.6 Å². The van der Waals surface area contributed by atoms with E-state index in [-0.39, 0.29) is 18.9 Å². The highest BCUT2D eigenvalue weighted by atomic mass is 32.2. The van der Waals surface area contributed by atoms with Gasteiger partial charge in [0.2, 0.25) is 0 Å². The lowest BCUT2D eigenvalue weighted by Gasteiger charge is -2.19. The van der Waals surface area contributed by atoms with Crippen LogP contribution in [0.25, 0.3) is 0 Å². The van der Waals surface area contributed by atoms with E-state index in [4.69, 9.17) is 16.0 Å². The first-order chi connectivity index (χ1) is 6.71. The molecule has 0 saturated carbocycles. The van der Waals surface area contributed by atoms with Gasteiger partial charge in [-0.15, -0.1) is 0 Å². The molecule has 0 saturated heterocycles. The van der Waals surface area contributed by atoms with Crippen LogP contribution in [-0.4, -0.2) is 36.6 Å². The van der Waals surface area contributed by atoms with Gasteiger partial charge in [-0.2, -0.15) is 8.42 Å². The van der Waals surface area contributed by atoms with Crippen molar-refractivity contribution in [1.29, 1.82) is 0 Å². The van der Waals surface area contributed by atoms with Crippen LogP contribution in [-0.2, 0) is 14.9 Å². The van der Waals surface area contributed by atoms with E-state index in [1.165, 1.54) is 0 Å². The summed E-state index contributed by atoms with van der Waals surface area (Å²) >= 11 is 0. The zero-order chi connectivity index (χ0) is 12.2. The van der Waals surface area contributed by atoms with Crippen LogP contribution >= 0.6 is 0 Å². The van der Waals surface area contributed by atoms with E-state index in [0.717, 1.165) is 0 Å². The molecular weight excluding hydrogens is 220 g/mol. The summed E-state index contributed by atoms with van der Waals surface area (Å²) in [5.74, 6) is -0.863. The van der Waals surface area contributed by atoms with Gasteiger partial charge in [-0.05, 0) is 18.9 Å². The van der Waals surface area contributed by atoms with Crippen molar-refractivity contribution in [1.82, 2.24) is 0 Å². The highest BCUT2D eigenvalue weighted by Gasteiger charge is 2.34. The average molecular weight is 238 g/mol. The summed E-state index contributed by atoms with van der Waals surface area (Å²) in [6.45, 7) is 3.40. The lowest BCUT2D eigenvalue weighted by Crippen LogP contribution is -2.46. The van der Waals surface area contributed by atoms with Gasteiger partial charge in [0.25, 0.3) is 10.1 Å². The topological polar surface area (TPSA) is 123 Å². The lowest BCUT2D eigenvalue weighted by atomic mass is 9.98. The average Bonchev–Trinajstić information content (AvgIpc) is 2.09. The van der Waals surface area contributed by atoms with E-state index in [1.54, 1.807) is 13.8 Å². The van der Waals surface area contributed by atoms with E-state index < -0.39 is 27.2 Å². The van der Waals surface area contributed by atoms with Crippen molar-refractivity contribution < 1.29 is 17.8 Å². The summed E-state index contributed by atoms with van der Waals surface area (Å²) < 4.78 is 30.7. The zero-order valence-electron chi connectivity index (χ0n) is 8.88. The molecule has 0 aliphatic heterocycles. The molecule has 6 nitrogen and oxygen atoms in total. The van der Waals surface area contributed by atoms with Crippen LogP contribution in [0.4, 0.5) is 0 Å². The molecule has 0 aliphatic rings. The number of carbonyl (C=O) groups excluding carboxylic acids is 1. The van der Waals surface area contributed by atoms with Gasteiger partial charge in [0, 0.05) is 0 Å². The van der Waals surface area contributed by atoms with Gasteiger partial charge in [-0.1, -0.05) is 13.8 Å². The molecule has 0 aromatic rings. The molecule has 0 heterocycles. The summed E-state index contributed by atoms with van der Waals surface area (Å²) in [4.78, 5) is 11.6. The predicted octanol–water partition coefficient (Wildman–Crippen LogP) is -0.856. The Morgan fingerprint density at radius 2 is 1.87 bits per heavy atom. The van der Waals surface area contributed by atoms with E-state index in [1.807, 2.05) is 0 Å². The molecule has 0 bridgehead atoms. The summed E-state index contributed by atoms with van der Waals surface area (Å²) in [6.07, 6.45) is -0.113. The van der Waals surface area contributed by atoms with Gasteiger partial charge in [0.05, 0.1) is 6.04 Å². The molecule has 0 rings (SSSR count). The lowest BCUT2D eigenvalue weighted by molar-refractivity contribution is -0.120. The summed E-state index contributed by atoms with van der Waals surface area (Å²) in [7, 11) is -4.41. The SMILES string of the molecule is CC(C)C(N)C(=O)C(CCN)S(=O)(=O)O. The number of hydrogen-bond acceptors (Lipinski definition) is 5. The van der Waals surface area contributed by atoms with Crippen molar-refractivity contribution in [2.75, 3.05) is 6.54 Å². The molecule has 7 heteroatoms. The third-order valence-electron chi connectivity index (χ3n) is 2.15. The number of Topliss-reactive ketones (excluding diaryl/α,β-unsaturated/α-hetero) is 1. The van der Waals surface area contributed by atoms with E-state index in [9.17, 15) is 13.2 Å². The van der Waals surface area contributed by atoms with Gasteiger partial charge in [0.1, 0.15) is 5.25 Å². The Balaban J connectivity index is 4.87. The molecule has 2 atom stereocenters. The largest absolute Gasteiger partial charge is 0.330 e. The van der Waals surface area contributed by atoms with Gasteiger partial charge >= 0.3 is 0 Å². The van der Waals surface area contributed by atoms with Gasteiger partial charge in [-0.25, -0.2) is 0 Å². The van der Waals surface area contributed by atoms with Crippen LogP contribution in [0, 0.1) is 5.92 Å². The highest BCUT2D eigenvalue weighted by Crippen LogP contribution is 2.11. The van der Waals surface area contributed by atoms with Gasteiger partial charge in [0.15, 0.2) is 5.78 Å². The Morgan fingerprint density at radius 3 is 2.13 bits per heavy atom. The predicted molar refractivity (Wildman–Crippen MR) is 56.8 cm³/mol. The van der Waals surface area contributed by atoms with Crippen LogP contribution in [0.3, 0.4) is 0 Å². The van der Waals surface area contributed by atoms with Gasteiger partial charge in [-0.3, -0.25) is 9.35 Å². The molecular formula is C8H18N2O4S. The summed E-state index contributed by atoms with van der Waals surface area (Å²) in [5, 5.41) is -1.50. The van der Waals surface area contributed by atoms with E-state index in [2.05, 4.69) is 0 Å². The fourth-order valence-corrected chi connectivity index (χ4v) is 2.02. The standard InChI is InChI=1S/C8H18N2O4S/c1-5(2)7(10)8(11)6(3-4-9)15(12,13)14/h5-7H,3-4,9-10H2,1-2H3,(H,12,13,14). The molecule has 15 heavy (non-hydrogen) atoms. The Hall–Kier alpha value is -0.500. The molecule has 2 unspecified atom stereocenters. The van der Waals surface area contributed by atoms with Crippen LogP contribution in [0.2, 0.25) is 0 Å². The third kappa shape index (κ3) is 4.25. The van der Waals surface area contributed by atoms with Gasteiger partial charge < -0.3 is 11.5 Å². The summed E-state index contributed by atoms with van der Waals surface area (Å²) in [5.41, 5.74) is 10.7. The van der Waals surface area contributed by atoms with E-state index in [0.29, 0.717) is 0 Å². The highest BCUT2D eigenvalue weighted by molar-refractivity contribution is 7.87. The first kappa shape index (κ1) is 14.5. The van der Waals surface area contributed by atoms with Crippen molar-refractivity contribution in [2.24, 2.45) is 17.4 Å². The number of hydrogen-bond donors (Lipinski definition) is 3.